The van der Waals surface area contributed by atoms with E-state index in [-0.39, 0.29) is 101 Å². The fourth-order valence-electron chi connectivity index (χ4n) is 14.7. The third-order valence-electron chi connectivity index (χ3n) is 21.9. The summed E-state index contributed by atoms with van der Waals surface area (Å²) in [4.78, 5) is 151. The Labute approximate surface area is 823 Å². The first-order chi connectivity index (χ1) is 68.0. The monoisotopic (exact) mass is 2010 g/mol. The van der Waals surface area contributed by atoms with Gasteiger partial charge in [-0.15, -0.1) is 0 Å². The zero-order valence-corrected chi connectivity index (χ0v) is 81.0. The lowest BCUT2D eigenvalue weighted by Crippen LogP contribution is -2.53. The second-order valence-electron chi connectivity index (χ2n) is 33.7. The third-order valence-corrected chi connectivity index (χ3v) is 24.4. The van der Waals surface area contributed by atoms with Gasteiger partial charge in [-0.1, -0.05) is 80.1 Å². The topological polar surface area (TPSA) is 470 Å². The molecule has 6 aliphatic heterocycles. The number of ketones is 1. The van der Waals surface area contributed by atoms with Gasteiger partial charge in [0.05, 0.1) is 80.7 Å². The molecule has 0 spiro atoms. The number of benzene rings is 5. The van der Waals surface area contributed by atoms with Crippen molar-refractivity contribution in [3.05, 3.63) is 204 Å². The molecule has 142 heavy (non-hydrogen) atoms. The summed E-state index contributed by atoms with van der Waals surface area (Å²) in [5.74, 6) is -3.61. The molecule has 1 unspecified atom stereocenters. The number of hydrogen-bond donors (Lipinski definition) is 10. The molecule has 15 rings (SSSR count). The number of carbonyl (C=O) groups is 10. The summed E-state index contributed by atoms with van der Waals surface area (Å²) >= 11 is 0. The molecule has 4 fully saturated rings. The van der Waals surface area contributed by atoms with E-state index in [9.17, 15) is 74.3 Å². The van der Waals surface area contributed by atoms with Gasteiger partial charge in [-0.25, -0.2) is 32.9 Å². The Morgan fingerprint density at radius 1 is 0.746 bits per heavy atom. The number of amides is 8. The Balaban J connectivity index is 0.000000171. The quantitative estimate of drug-likeness (QED) is 0.00309. The van der Waals surface area contributed by atoms with Crippen LogP contribution in [0, 0.1) is 29.3 Å². The zero-order chi connectivity index (χ0) is 102. The summed E-state index contributed by atoms with van der Waals surface area (Å²) < 4.78 is 117. The minimum Gasteiger partial charge on any atom is -0.491 e. The number of esters is 1. The maximum Gasteiger partial charge on any atom is 0.417 e. The number of hydrogen-bond acceptors (Lipinski definition) is 31. The molecular formula is C97H113F6N21O16S2. The number of halogens is 6. The minimum atomic E-state index is -4.59. The average molecular weight is 2010 g/mol. The van der Waals surface area contributed by atoms with Gasteiger partial charge in [0.15, 0.2) is 29.0 Å². The first-order valence-electron chi connectivity index (χ1n) is 45.5. The van der Waals surface area contributed by atoms with Crippen LogP contribution in [0.4, 0.5) is 78.4 Å². The van der Waals surface area contributed by atoms with Crippen LogP contribution >= 0.6 is 21.6 Å². The summed E-state index contributed by atoms with van der Waals surface area (Å²) in [6.45, 7) is 19.5. The van der Waals surface area contributed by atoms with Gasteiger partial charge in [0.25, 0.3) is 11.8 Å². The summed E-state index contributed by atoms with van der Waals surface area (Å²) in [5.41, 5.74) is 15.3. The predicted molar refractivity (Wildman–Crippen MR) is 525 cm³/mol. The summed E-state index contributed by atoms with van der Waals surface area (Å²) in [7, 11) is 8.44. The number of piperidine rings is 1. The second kappa shape index (κ2) is 52.3. The number of imide groups is 1. The van der Waals surface area contributed by atoms with Crippen molar-refractivity contribution in [3.63, 3.8) is 0 Å². The third kappa shape index (κ3) is 31.6. The molecule has 4 aromatic heterocycles. The first-order valence-corrected chi connectivity index (χ1v) is 48.0. The number of nitrogen functional groups attached to an aromatic ring is 2. The van der Waals surface area contributed by atoms with Gasteiger partial charge in [0.1, 0.15) is 65.5 Å². The number of carbonyl (C=O) groups excluding carboxylic acids is 10. The maximum absolute atomic E-state index is 14.2. The summed E-state index contributed by atoms with van der Waals surface area (Å²) in [6.07, 6.45) is 6.63. The summed E-state index contributed by atoms with van der Waals surface area (Å²) in [6, 6.07) is 25.6. The highest BCUT2D eigenvalue weighted by atomic mass is 33.1. The number of morpholine rings is 2. The lowest BCUT2D eigenvalue weighted by Gasteiger charge is -2.31. The van der Waals surface area contributed by atoms with Gasteiger partial charge in [-0.05, 0) is 156 Å². The Hall–Kier alpha value is -14.3. The minimum absolute atomic E-state index is 0.00998. The molecule has 2 bridgehead atoms. The number of nitrogens with zero attached hydrogens (tertiary/aromatic N) is 11. The van der Waals surface area contributed by atoms with E-state index >= 15 is 0 Å². The number of fused-ring (bicyclic) bond motifs is 9. The van der Waals surface area contributed by atoms with E-state index < -0.39 is 88.9 Å². The van der Waals surface area contributed by atoms with Crippen molar-refractivity contribution in [2.75, 3.05) is 149 Å². The van der Waals surface area contributed by atoms with Gasteiger partial charge in [0, 0.05) is 134 Å². The number of anilines is 9. The molecule has 9 aromatic rings. The van der Waals surface area contributed by atoms with Crippen molar-refractivity contribution >= 4 is 144 Å². The predicted octanol–water partition coefficient (Wildman–Crippen LogP) is 11.8. The molecule has 8 amide bonds. The first kappa shape index (κ1) is 108. The van der Waals surface area contributed by atoms with E-state index in [1.54, 1.807) is 125 Å². The molecule has 756 valence electrons. The summed E-state index contributed by atoms with van der Waals surface area (Å²) in [5, 5.41) is 26.3. The van der Waals surface area contributed by atoms with Crippen LogP contribution in [0.25, 0.3) is 22.2 Å². The molecule has 4 atom stereocenters. The lowest BCUT2D eigenvalue weighted by molar-refractivity contribution is -0.153. The largest absolute Gasteiger partial charge is 0.491 e. The van der Waals surface area contributed by atoms with Crippen LogP contribution in [0.15, 0.2) is 164 Å². The SMILES string of the molecule is C/C=C1\NC(=O)[C@H]2CSSCC/C=C\[C@H](CC(=O)NCC(=O)N2)OC(=O)[C@H](C(C)C)NC1=O.C=CC(=O)Nc1cccc(Nc2nc(Nc3ccc(OCCOC)cc3)ncc2F)c1.CC(C)Cn1ncc2cc(Oc3ccc(F)cc3F)c(C(=O)CCCN(C)C)cc21.Nc1cc(C(F)(F)F)c(-c2cc(N3CCOCC3)nc(N3CCOCC3)n2)cn1.Nc1cccc2c1CN(C1CCC(=O)NC1=O)C2=O. The lowest BCUT2D eigenvalue weighted by atomic mass is 10.0. The van der Waals surface area contributed by atoms with Gasteiger partial charge in [0.2, 0.25) is 47.3 Å². The number of pyridine rings is 1. The van der Waals surface area contributed by atoms with Crippen LogP contribution in [-0.2, 0) is 76.6 Å². The van der Waals surface area contributed by atoms with Crippen LogP contribution in [0.3, 0.4) is 0 Å². The molecule has 5 aromatic carbocycles. The zero-order valence-electron chi connectivity index (χ0n) is 79.4. The smallest absolute Gasteiger partial charge is 0.417 e. The van der Waals surface area contributed by atoms with Crippen molar-refractivity contribution in [1.29, 1.82) is 0 Å². The highest BCUT2D eigenvalue weighted by Gasteiger charge is 2.41. The number of Topliss-reactive ketones (excluding diaryl/α,β-unsaturated/α-hetero) is 1. The van der Waals surface area contributed by atoms with Crippen LogP contribution < -0.4 is 73.3 Å². The number of rotatable bonds is 24. The molecular weight excluding hydrogens is 1890 g/mol. The van der Waals surface area contributed by atoms with Crippen molar-refractivity contribution in [2.24, 2.45) is 11.8 Å². The molecule has 12 N–H and O–H groups in total. The number of nitrogens with two attached hydrogens (primary N) is 2. The van der Waals surface area contributed by atoms with Crippen molar-refractivity contribution in [2.45, 2.75) is 117 Å². The molecule has 0 radical (unpaired) electrons. The van der Waals surface area contributed by atoms with Gasteiger partial charge >= 0.3 is 12.1 Å². The molecule has 6 aliphatic rings. The molecule has 45 heteroatoms. The standard InChI is InChI=1S/C23H27F2N3O2.C22H22FN5O3.C21H30N4O6S2.C18H21F3N6O2.C13H13N3O3/c1-15(2)14-28-20-12-18(21(29)6-5-9-27(3)4)23(10-16(20)13-26-28)30-22-8-7-17(24)11-19(22)25;1-3-20(29)25-16-5-4-6-17(13-16)26-21-19(23)14-24-22(28-21)27-15-7-9-18(10-8-15)31-12-11-30-2;1-4-14-19(28)25-18(12(2)3)21(30)31-13-7-5-6-8-32-33-11-15(20(29)24-14)23-17(27)10-22-16(26)9-13;19-18(20,21)13-9-15(22)23-11-12(13)14-10-16(26-1-5-28-6-2-26)25-17(24-14)27-3-7-29-8-4-27;14-9-3-1-2-7-8(9)6-16(13(7)19)10-4-5-11(17)15-12(10)18/h7-8,10-13,15H,5-6,9,14H2,1-4H3;3-10,13-14H,1,11-12H2,2H3,(H,25,29)(H2,24,26,27,28);4-5,7,12-13,15,18H,6,8-11H2,1-3H3,(H,22,26)(H,23,27)(H,24,29)(H,25,28);9-11H,1-8H2,(H2,22,23);1-3,10H,4-6,14H2,(H,15,17,18)/b;;7-5-,14-4-;;/t;;13-,15-,18+;;/m..1../s1. The van der Waals surface area contributed by atoms with E-state index in [1.807, 2.05) is 39.6 Å². The fourth-order valence-corrected chi connectivity index (χ4v) is 16.9. The van der Waals surface area contributed by atoms with Crippen molar-refractivity contribution < 1.29 is 103 Å². The number of alkyl halides is 3. The molecule has 0 aliphatic carbocycles. The highest BCUT2D eigenvalue weighted by molar-refractivity contribution is 8.76. The van der Waals surface area contributed by atoms with Gasteiger partial charge in [-0.2, -0.15) is 28.2 Å². The molecule has 37 nitrogen and oxygen atoms in total. The molecule has 4 saturated heterocycles. The van der Waals surface area contributed by atoms with E-state index in [0.717, 1.165) is 53.6 Å². The van der Waals surface area contributed by atoms with Crippen molar-refractivity contribution in [3.8, 4) is 28.5 Å². The second-order valence-corrected chi connectivity index (χ2v) is 36.4. The number of ether oxygens (including phenoxy) is 6. The average Bonchev–Trinajstić information content (AvgIpc) is 0.911. The van der Waals surface area contributed by atoms with Crippen LogP contribution in [0.1, 0.15) is 105 Å². The number of allylic oxidation sites excluding steroid dienone is 2. The van der Waals surface area contributed by atoms with Gasteiger partial charge in [-0.3, -0.25) is 53.1 Å². The Morgan fingerprint density at radius 2 is 1.48 bits per heavy atom. The van der Waals surface area contributed by atoms with Crippen LogP contribution in [-0.4, -0.2) is 239 Å². The molecule has 0 saturated carbocycles. The Kier molecular flexibility index (Phi) is 39.8. The van der Waals surface area contributed by atoms with E-state index in [1.165, 1.54) is 44.7 Å². The van der Waals surface area contributed by atoms with E-state index in [0.29, 0.717) is 168 Å². The Morgan fingerprint density at radius 3 is 2.16 bits per heavy atom. The number of methoxy groups -OCH3 is 1. The molecule has 10 heterocycles. The number of aromatic nitrogens is 7. The number of nitrogens with one attached hydrogen (secondary N) is 8. The normalized spacial score (nSPS) is 18.1. The van der Waals surface area contributed by atoms with E-state index in [2.05, 4.69) is 93.0 Å². The van der Waals surface area contributed by atoms with E-state index in [4.69, 9.17) is 39.9 Å². The van der Waals surface area contributed by atoms with Crippen molar-refractivity contribution in [1.82, 2.24) is 71.1 Å². The fraction of sp³-hybridized carbons (Fsp3) is 0.381. The van der Waals surface area contributed by atoms with Crippen LogP contribution in [0.5, 0.6) is 17.2 Å². The Bertz CT molecular complexity index is 6010. The van der Waals surface area contributed by atoms with Gasteiger partial charge < -0.3 is 96.7 Å². The highest BCUT2D eigenvalue weighted by Crippen LogP contribution is 2.40. The maximum atomic E-state index is 14.2. The van der Waals surface area contributed by atoms with Crippen LogP contribution in [0.2, 0.25) is 0 Å².